The van der Waals surface area contributed by atoms with E-state index in [1.807, 2.05) is 6.07 Å². The minimum absolute atomic E-state index is 0.0478. The summed E-state index contributed by atoms with van der Waals surface area (Å²) in [6.07, 6.45) is 7.54. The lowest BCUT2D eigenvalue weighted by Crippen LogP contribution is -2.79. The van der Waals surface area contributed by atoms with Gasteiger partial charge in [0.1, 0.15) is 23.8 Å². The Kier molecular flexibility index (Phi) is 6.59. The number of rotatable bonds is 6. The summed E-state index contributed by atoms with van der Waals surface area (Å²) in [7, 11) is 2.15. The van der Waals surface area contributed by atoms with Gasteiger partial charge < -0.3 is 29.8 Å². The molecule has 8 rings (SSSR count). The second-order valence-corrected chi connectivity index (χ2v) is 13.3. The minimum atomic E-state index is -0.448. The Balaban J connectivity index is 1.19. The normalized spacial score (nSPS) is 27.6. The fraction of sp³-hybridized carbons (Fsp3) is 0.576. The number of nitriles is 1. The van der Waals surface area contributed by atoms with Crippen LogP contribution in [0, 0.1) is 11.3 Å². The molecule has 4 atom stereocenters. The number of hydrogen-bond acceptors (Lipinski definition) is 11. The number of aromatic nitrogens is 3. The Hall–Kier alpha value is -3.72. The minimum Gasteiger partial charge on any atom is -0.473 e. The number of aryl methyl sites for hydroxylation is 1. The number of likely N-dealkylation sites (N-methyl/N-ethyl adjacent to an activating group) is 1. The summed E-state index contributed by atoms with van der Waals surface area (Å²) in [5.41, 5.74) is 10.6. The second kappa shape index (κ2) is 10.4. The molecule has 3 aliphatic heterocycles. The first-order chi connectivity index (χ1) is 21.4. The van der Waals surface area contributed by atoms with Crippen molar-refractivity contribution in [1.29, 1.82) is 5.26 Å². The van der Waals surface area contributed by atoms with Crippen molar-refractivity contribution in [2.45, 2.75) is 87.5 Å². The van der Waals surface area contributed by atoms with Crippen molar-refractivity contribution in [3.8, 4) is 29.3 Å². The standard InChI is InChI=1S/C33H39N7O4/c1-19(24-8-5-13-40(24)2)42-26-14-27(43-25-16-36-33(25)17-41-18-33)38-31(37-26)29-21-7-4-12-32(30(21)44-39-29)11-3-6-20-9-10-23(35)22(15-34)28(20)32/h9-10,14,19,24-25,36H,3-8,11-13,16-18,35H2,1-2H3/t19-,24-,25+,32+/m0/s1. The Morgan fingerprint density at radius 1 is 1.16 bits per heavy atom. The maximum absolute atomic E-state index is 10.2. The van der Waals surface area contributed by atoms with E-state index in [9.17, 15) is 5.26 Å². The molecule has 3 N–H and O–H groups in total. The monoisotopic (exact) mass is 597 g/mol. The number of fused-ring (bicyclic) bond motifs is 4. The predicted octanol–water partition coefficient (Wildman–Crippen LogP) is 3.53. The van der Waals surface area contributed by atoms with Gasteiger partial charge >= 0.3 is 0 Å². The fourth-order valence-corrected chi connectivity index (χ4v) is 8.31. The third-order valence-corrected chi connectivity index (χ3v) is 10.8. The second-order valence-electron chi connectivity index (χ2n) is 13.3. The molecule has 0 radical (unpaired) electrons. The summed E-state index contributed by atoms with van der Waals surface area (Å²) >= 11 is 0. The van der Waals surface area contributed by atoms with Gasteiger partial charge in [0.2, 0.25) is 11.8 Å². The van der Waals surface area contributed by atoms with E-state index in [2.05, 4.69) is 41.5 Å². The van der Waals surface area contributed by atoms with E-state index >= 15 is 0 Å². The molecule has 11 heteroatoms. The predicted molar refractivity (Wildman–Crippen MR) is 161 cm³/mol. The van der Waals surface area contributed by atoms with Crippen molar-refractivity contribution in [2.24, 2.45) is 0 Å². The van der Waals surface area contributed by atoms with Crippen molar-refractivity contribution >= 4 is 5.69 Å². The number of nitrogens with zero attached hydrogens (tertiary/aromatic N) is 5. The third-order valence-electron chi connectivity index (χ3n) is 10.8. The highest BCUT2D eigenvalue weighted by atomic mass is 16.5. The molecule has 1 aromatic carbocycles. The summed E-state index contributed by atoms with van der Waals surface area (Å²) in [5, 5.41) is 18.3. The molecular weight excluding hydrogens is 558 g/mol. The van der Waals surface area contributed by atoms with Crippen LogP contribution >= 0.6 is 0 Å². The van der Waals surface area contributed by atoms with Gasteiger partial charge in [0.15, 0.2) is 17.3 Å². The number of ether oxygens (including phenoxy) is 3. The van der Waals surface area contributed by atoms with Crippen LogP contribution in [0.5, 0.6) is 11.8 Å². The molecule has 2 aromatic heterocycles. The van der Waals surface area contributed by atoms with E-state index in [1.165, 1.54) is 5.56 Å². The van der Waals surface area contributed by atoms with Crippen LogP contribution < -0.4 is 20.5 Å². The molecule has 44 heavy (non-hydrogen) atoms. The molecule has 5 aliphatic rings. The van der Waals surface area contributed by atoms with E-state index in [1.54, 1.807) is 6.07 Å². The topological polar surface area (TPSA) is 145 Å². The molecule has 0 amide bonds. The molecule has 5 heterocycles. The Morgan fingerprint density at radius 3 is 2.68 bits per heavy atom. The summed E-state index contributed by atoms with van der Waals surface area (Å²) in [5.74, 6) is 2.17. The lowest BCUT2D eigenvalue weighted by atomic mass is 9.61. The highest BCUT2D eigenvalue weighted by molar-refractivity contribution is 5.67. The molecule has 2 aliphatic carbocycles. The van der Waals surface area contributed by atoms with Crippen LogP contribution in [0.15, 0.2) is 22.7 Å². The van der Waals surface area contributed by atoms with Gasteiger partial charge in [-0.25, -0.2) is 0 Å². The maximum Gasteiger partial charge on any atom is 0.221 e. The van der Waals surface area contributed by atoms with Gasteiger partial charge in [-0.15, -0.1) is 0 Å². The van der Waals surface area contributed by atoms with Crippen LogP contribution in [-0.2, 0) is 23.0 Å². The first-order valence-electron chi connectivity index (χ1n) is 16.0. The van der Waals surface area contributed by atoms with E-state index < -0.39 is 5.41 Å². The lowest BCUT2D eigenvalue weighted by molar-refractivity contribution is -0.165. The van der Waals surface area contributed by atoms with Gasteiger partial charge in [0, 0.05) is 23.8 Å². The third kappa shape index (κ3) is 4.22. The molecule has 230 valence electrons. The number of likely N-dealkylation sites (tertiary alicyclic amines) is 1. The molecule has 2 spiro atoms. The zero-order chi connectivity index (χ0) is 30.1. The van der Waals surface area contributed by atoms with Crippen molar-refractivity contribution in [3.05, 3.63) is 46.2 Å². The molecule has 3 fully saturated rings. The van der Waals surface area contributed by atoms with E-state index in [4.69, 9.17) is 34.4 Å². The van der Waals surface area contributed by atoms with Gasteiger partial charge in [-0.1, -0.05) is 11.2 Å². The van der Waals surface area contributed by atoms with Crippen LogP contribution in [0.1, 0.15) is 73.5 Å². The van der Waals surface area contributed by atoms with Crippen molar-refractivity contribution in [1.82, 2.24) is 25.3 Å². The van der Waals surface area contributed by atoms with Crippen LogP contribution in [0.25, 0.3) is 11.5 Å². The van der Waals surface area contributed by atoms with E-state index in [0.29, 0.717) is 53.8 Å². The van der Waals surface area contributed by atoms with E-state index in [0.717, 1.165) is 81.3 Å². The Bertz CT molecular complexity index is 1640. The average Bonchev–Trinajstić information content (AvgIpc) is 3.62. The van der Waals surface area contributed by atoms with Crippen LogP contribution in [0.3, 0.4) is 0 Å². The Labute approximate surface area is 257 Å². The Morgan fingerprint density at radius 2 is 1.98 bits per heavy atom. The first-order valence-corrected chi connectivity index (χ1v) is 16.0. The first kappa shape index (κ1) is 27.8. The zero-order valence-electron chi connectivity index (χ0n) is 25.4. The van der Waals surface area contributed by atoms with Gasteiger partial charge in [0.05, 0.1) is 30.3 Å². The fourth-order valence-electron chi connectivity index (χ4n) is 8.31. The average molecular weight is 598 g/mol. The molecule has 3 aromatic rings. The SMILES string of the molecule is C[C@H](Oc1cc(O[C@@H]2CNC23COC3)nc(-c2noc3c2CCC[C@@]32CCCc3ccc(N)c(C#N)c32)n1)[C@@H]1CCCN1C. The smallest absolute Gasteiger partial charge is 0.221 e. The summed E-state index contributed by atoms with van der Waals surface area (Å²) in [6, 6.07) is 8.45. The molecule has 0 bridgehead atoms. The van der Waals surface area contributed by atoms with Crippen LogP contribution in [-0.4, -0.2) is 77.2 Å². The number of anilines is 1. The summed E-state index contributed by atoms with van der Waals surface area (Å²) in [6.45, 7) is 5.15. The van der Waals surface area contributed by atoms with Crippen molar-refractivity contribution < 1.29 is 18.7 Å². The summed E-state index contributed by atoms with van der Waals surface area (Å²) in [4.78, 5) is 12.1. The number of nitrogen functional groups attached to an aromatic ring is 1. The van der Waals surface area contributed by atoms with Crippen molar-refractivity contribution in [3.63, 3.8) is 0 Å². The number of hydrogen-bond donors (Lipinski definition) is 2. The molecule has 11 nitrogen and oxygen atoms in total. The van der Waals surface area contributed by atoms with Gasteiger partial charge in [-0.2, -0.15) is 15.2 Å². The van der Waals surface area contributed by atoms with Gasteiger partial charge in [-0.05, 0) is 89.1 Å². The quantitative estimate of drug-likeness (QED) is 0.403. The highest BCUT2D eigenvalue weighted by Crippen LogP contribution is 2.53. The van der Waals surface area contributed by atoms with Gasteiger partial charge in [0.25, 0.3) is 0 Å². The summed E-state index contributed by atoms with van der Waals surface area (Å²) < 4.78 is 24.7. The molecule has 0 saturated carbocycles. The van der Waals surface area contributed by atoms with Crippen molar-refractivity contribution in [2.75, 3.05) is 39.1 Å². The van der Waals surface area contributed by atoms with Gasteiger partial charge in [-0.3, -0.25) is 4.90 Å². The molecular formula is C33H39N7O4. The van der Waals surface area contributed by atoms with Crippen LogP contribution in [0.2, 0.25) is 0 Å². The number of nitrogens with two attached hydrogens (primary N) is 1. The number of benzene rings is 1. The zero-order valence-corrected chi connectivity index (χ0v) is 25.4. The van der Waals surface area contributed by atoms with E-state index in [-0.39, 0.29) is 17.7 Å². The molecule has 0 unspecified atom stereocenters. The largest absolute Gasteiger partial charge is 0.473 e. The highest BCUT2D eigenvalue weighted by Gasteiger charge is 2.54. The maximum atomic E-state index is 10.2. The number of nitrogens with one attached hydrogen (secondary N) is 1. The molecule has 3 saturated heterocycles. The lowest BCUT2D eigenvalue weighted by Gasteiger charge is -2.54. The van der Waals surface area contributed by atoms with Crippen LogP contribution in [0.4, 0.5) is 5.69 Å².